The van der Waals surface area contributed by atoms with Crippen LogP contribution in [0.4, 0.5) is 0 Å². The van der Waals surface area contributed by atoms with E-state index in [0.29, 0.717) is 36.5 Å². The molecule has 0 aromatic carbocycles. The number of aryl methyl sites for hydroxylation is 1. The minimum Gasteiger partial charge on any atom is -0.461 e. The normalized spacial score (nSPS) is 20.0. The third-order valence-electron chi connectivity index (χ3n) is 4.56. The average molecular weight is 344 g/mol. The summed E-state index contributed by atoms with van der Waals surface area (Å²) in [6, 6.07) is 3.46. The predicted octanol–water partition coefficient (Wildman–Crippen LogP) is 1.53. The number of carbonyl (C=O) groups excluding carboxylic acids is 2. The van der Waals surface area contributed by atoms with Crippen molar-refractivity contribution in [3.05, 3.63) is 24.3 Å². The number of aromatic nitrogens is 2. The zero-order valence-electron chi connectivity index (χ0n) is 13.8. The maximum absolute atomic E-state index is 12.5. The monoisotopic (exact) mass is 344 g/mol. The highest BCUT2D eigenvalue weighted by Crippen LogP contribution is 2.23. The molecule has 4 rings (SSSR count). The van der Waals surface area contributed by atoms with Crippen molar-refractivity contribution in [2.24, 2.45) is 0 Å². The van der Waals surface area contributed by atoms with Crippen molar-refractivity contribution in [1.82, 2.24) is 20.4 Å². The van der Waals surface area contributed by atoms with Gasteiger partial charge in [-0.1, -0.05) is 5.16 Å². The van der Waals surface area contributed by atoms with Gasteiger partial charge in [0.2, 0.25) is 23.5 Å². The van der Waals surface area contributed by atoms with Crippen LogP contribution in [0.15, 0.2) is 27.3 Å². The van der Waals surface area contributed by atoms with Gasteiger partial charge in [-0.2, -0.15) is 4.98 Å². The Morgan fingerprint density at radius 3 is 2.96 bits per heavy atom. The second kappa shape index (κ2) is 6.70. The molecule has 1 saturated carbocycles. The first-order chi connectivity index (χ1) is 12.2. The lowest BCUT2D eigenvalue weighted by Crippen LogP contribution is -2.46. The highest BCUT2D eigenvalue weighted by atomic mass is 16.5. The molecule has 1 aliphatic carbocycles. The number of amides is 2. The first kappa shape index (κ1) is 15.9. The standard InChI is InChI=1S/C17H20N4O4/c22-15(21-9-1-3-12(21)17(23)18-11-5-6-11)8-7-14-19-16(20-25-14)13-4-2-10-24-13/h2,4,10-12H,1,3,5-9H2,(H,18,23). The van der Waals surface area contributed by atoms with Gasteiger partial charge in [0.15, 0.2) is 5.76 Å². The third-order valence-corrected chi connectivity index (χ3v) is 4.56. The van der Waals surface area contributed by atoms with Crippen LogP contribution in [0.3, 0.4) is 0 Å². The van der Waals surface area contributed by atoms with Crippen LogP contribution in [0.5, 0.6) is 0 Å². The summed E-state index contributed by atoms with van der Waals surface area (Å²) in [6.45, 7) is 0.628. The van der Waals surface area contributed by atoms with E-state index in [4.69, 9.17) is 8.94 Å². The Balaban J connectivity index is 1.32. The van der Waals surface area contributed by atoms with Gasteiger partial charge in [0, 0.05) is 25.4 Å². The van der Waals surface area contributed by atoms with Crippen molar-refractivity contribution in [2.75, 3.05) is 6.54 Å². The lowest BCUT2D eigenvalue weighted by molar-refractivity contribution is -0.138. The lowest BCUT2D eigenvalue weighted by Gasteiger charge is -2.23. The first-order valence-electron chi connectivity index (χ1n) is 8.67. The molecule has 2 amide bonds. The number of furan rings is 1. The molecule has 1 aliphatic heterocycles. The molecular formula is C17H20N4O4. The van der Waals surface area contributed by atoms with E-state index in [1.807, 2.05) is 0 Å². The van der Waals surface area contributed by atoms with Gasteiger partial charge in [-0.15, -0.1) is 0 Å². The predicted molar refractivity (Wildman–Crippen MR) is 86.2 cm³/mol. The van der Waals surface area contributed by atoms with E-state index >= 15 is 0 Å². The number of likely N-dealkylation sites (tertiary alicyclic amines) is 1. The van der Waals surface area contributed by atoms with Gasteiger partial charge in [-0.05, 0) is 37.8 Å². The van der Waals surface area contributed by atoms with E-state index < -0.39 is 0 Å². The van der Waals surface area contributed by atoms with Crippen molar-refractivity contribution < 1.29 is 18.5 Å². The van der Waals surface area contributed by atoms with Gasteiger partial charge in [0.25, 0.3) is 0 Å². The highest BCUT2D eigenvalue weighted by molar-refractivity contribution is 5.88. The van der Waals surface area contributed by atoms with Gasteiger partial charge >= 0.3 is 0 Å². The van der Waals surface area contributed by atoms with Gasteiger partial charge in [0.1, 0.15) is 6.04 Å². The van der Waals surface area contributed by atoms with Crippen LogP contribution >= 0.6 is 0 Å². The number of rotatable bonds is 6. The fourth-order valence-electron chi connectivity index (χ4n) is 3.08. The van der Waals surface area contributed by atoms with Gasteiger partial charge in [-0.3, -0.25) is 9.59 Å². The summed E-state index contributed by atoms with van der Waals surface area (Å²) in [5.74, 6) is 1.21. The van der Waals surface area contributed by atoms with Gasteiger partial charge in [-0.25, -0.2) is 0 Å². The quantitative estimate of drug-likeness (QED) is 0.853. The van der Waals surface area contributed by atoms with Gasteiger partial charge in [0.05, 0.1) is 6.26 Å². The molecule has 8 heteroatoms. The molecule has 3 heterocycles. The molecule has 0 radical (unpaired) electrons. The SMILES string of the molecule is O=C(NC1CC1)C1CCCN1C(=O)CCc1nc(-c2ccco2)no1. The van der Waals surface area contributed by atoms with Gasteiger partial charge < -0.3 is 19.2 Å². The molecule has 2 aliphatic rings. The van der Waals surface area contributed by atoms with Crippen LogP contribution < -0.4 is 5.32 Å². The summed E-state index contributed by atoms with van der Waals surface area (Å²) in [7, 11) is 0. The average Bonchev–Trinajstić information content (AvgIpc) is 3.10. The number of nitrogens with one attached hydrogen (secondary N) is 1. The highest BCUT2D eigenvalue weighted by Gasteiger charge is 2.36. The van der Waals surface area contributed by atoms with Crippen LogP contribution in [-0.2, 0) is 16.0 Å². The molecule has 0 bridgehead atoms. The van der Waals surface area contributed by atoms with E-state index in [-0.39, 0.29) is 24.3 Å². The van der Waals surface area contributed by atoms with E-state index in [2.05, 4.69) is 15.5 Å². The Morgan fingerprint density at radius 2 is 2.20 bits per heavy atom. The maximum atomic E-state index is 12.5. The summed E-state index contributed by atoms with van der Waals surface area (Å²) in [5.41, 5.74) is 0. The summed E-state index contributed by atoms with van der Waals surface area (Å²) in [4.78, 5) is 30.7. The van der Waals surface area contributed by atoms with E-state index in [1.54, 1.807) is 17.0 Å². The Hall–Kier alpha value is -2.64. The fraction of sp³-hybridized carbons (Fsp3) is 0.529. The molecule has 25 heavy (non-hydrogen) atoms. The van der Waals surface area contributed by atoms with Crippen LogP contribution in [-0.4, -0.2) is 45.5 Å². The van der Waals surface area contributed by atoms with Crippen LogP contribution in [0.25, 0.3) is 11.6 Å². The number of carbonyl (C=O) groups is 2. The van der Waals surface area contributed by atoms with Crippen molar-refractivity contribution >= 4 is 11.8 Å². The Kier molecular flexibility index (Phi) is 4.25. The number of nitrogens with zero attached hydrogens (tertiary/aromatic N) is 3. The van der Waals surface area contributed by atoms with Crippen LogP contribution in [0.1, 0.15) is 38.0 Å². The van der Waals surface area contributed by atoms with E-state index in [9.17, 15) is 9.59 Å². The molecule has 2 aromatic heterocycles. The van der Waals surface area contributed by atoms with Crippen molar-refractivity contribution in [2.45, 2.75) is 50.6 Å². The molecule has 2 aromatic rings. The maximum Gasteiger partial charge on any atom is 0.243 e. The summed E-state index contributed by atoms with van der Waals surface area (Å²) >= 11 is 0. The zero-order chi connectivity index (χ0) is 17.2. The first-order valence-corrected chi connectivity index (χ1v) is 8.67. The molecule has 1 saturated heterocycles. The third kappa shape index (κ3) is 3.57. The summed E-state index contributed by atoms with van der Waals surface area (Å²) < 4.78 is 10.4. The lowest BCUT2D eigenvalue weighted by atomic mass is 10.2. The Morgan fingerprint density at radius 1 is 1.32 bits per heavy atom. The van der Waals surface area contributed by atoms with Crippen molar-refractivity contribution in [1.29, 1.82) is 0 Å². The van der Waals surface area contributed by atoms with Crippen LogP contribution in [0, 0.1) is 0 Å². The van der Waals surface area contributed by atoms with Crippen LogP contribution in [0.2, 0.25) is 0 Å². The summed E-state index contributed by atoms with van der Waals surface area (Å²) in [6.07, 6.45) is 5.80. The summed E-state index contributed by atoms with van der Waals surface area (Å²) in [5, 5.41) is 6.84. The van der Waals surface area contributed by atoms with Crippen molar-refractivity contribution in [3.8, 4) is 11.6 Å². The number of hydrogen-bond donors (Lipinski definition) is 1. The van der Waals surface area contributed by atoms with E-state index in [1.165, 1.54) is 6.26 Å². The second-order valence-corrected chi connectivity index (χ2v) is 6.52. The molecule has 132 valence electrons. The zero-order valence-corrected chi connectivity index (χ0v) is 13.8. The fourth-order valence-corrected chi connectivity index (χ4v) is 3.08. The Labute approximate surface area is 144 Å². The minimum absolute atomic E-state index is 0.0220. The smallest absolute Gasteiger partial charge is 0.243 e. The molecule has 2 fully saturated rings. The molecule has 0 spiro atoms. The van der Waals surface area contributed by atoms with E-state index in [0.717, 1.165) is 25.7 Å². The topological polar surface area (TPSA) is 101 Å². The number of hydrogen-bond acceptors (Lipinski definition) is 6. The Bertz CT molecular complexity index is 751. The minimum atomic E-state index is -0.338. The molecule has 1 unspecified atom stereocenters. The molecule has 8 nitrogen and oxygen atoms in total. The molecule has 1 N–H and O–H groups in total. The molecule has 1 atom stereocenters. The van der Waals surface area contributed by atoms with Crippen molar-refractivity contribution in [3.63, 3.8) is 0 Å². The molecular weight excluding hydrogens is 324 g/mol. The second-order valence-electron chi connectivity index (χ2n) is 6.52. The largest absolute Gasteiger partial charge is 0.461 e.